The van der Waals surface area contributed by atoms with Crippen molar-refractivity contribution < 1.29 is 23.8 Å². The summed E-state index contributed by atoms with van der Waals surface area (Å²) in [6.45, 7) is 3.40. The molecule has 0 aromatic heterocycles. The Morgan fingerprint density at radius 2 is 2.32 bits per heavy atom. The lowest BCUT2D eigenvalue weighted by molar-refractivity contribution is -0.151. The van der Waals surface area contributed by atoms with Gasteiger partial charge in [0.15, 0.2) is 0 Å². The van der Waals surface area contributed by atoms with E-state index >= 15 is 0 Å². The van der Waals surface area contributed by atoms with Gasteiger partial charge in [-0.3, -0.25) is 9.59 Å². The van der Waals surface area contributed by atoms with Gasteiger partial charge >= 0.3 is 5.97 Å². The van der Waals surface area contributed by atoms with Crippen molar-refractivity contribution in [2.24, 2.45) is 0 Å². The van der Waals surface area contributed by atoms with E-state index in [0.29, 0.717) is 26.2 Å². The molecule has 22 heavy (non-hydrogen) atoms. The molecule has 1 amide bonds. The highest BCUT2D eigenvalue weighted by Gasteiger charge is 2.30. The summed E-state index contributed by atoms with van der Waals surface area (Å²) in [5.74, 6) is -0.419. The summed E-state index contributed by atoms with van der Waals surface area (Å²) in [4.78, 5) is 25.7. The Hall–Kier alpha value is -0.890. The first-order valence-electron chi connectivity index (χ1n) is 7.49. The molecular weight excluding hydrogens is 312 g/mol. The first-order chi connectivity index (χ1) is 10.2. The predicted octanol–water partition coefficient (Wildman–Crippen LogP) is -0.0327. The molecule has 0 saturated carbocycles. The van der Waals surface area contributed by atoms with Crippen molar-refractivity contribution in [3.05, 3.63) is 0 Å². The highest BCUT2D eigenvalue weighted by Crippen LogP contribution is 2.13. The Bertz CT molecular complexity index is 363. The molecule has 0 bridgehead atoms. The van der Waals surface area contributed by atoms with Crippen LogP contribution in [0.2, 0.25) is 0 Å². The number of nitrogens with zero attached hydrogens (tertiary/aromatic N) is 1. The summed E-state index contributed by atoms with van der Waals surface area (Å²) < 4.78 is 15.6. The van der Waals surface area contributed by atoms with Crippen LogP contribution in [0.3, 0.4) is 0 Å². The summed E-state index contributed by atoms with van der Waals surface area (Å²) >= 11 is 0. The van der Waals surface area contributed by atoms with Crippen molar-refractivity contribution in [2.75, 3.05) is 46.6 Å². The summed E-state index contributed by atoms with van der Waals surface area (Å²) in [6, 6.07) is -0.493. The van der Waals surface area contributed by atoms with E-state index in [2.05, 4.69) is 5.32 Å². The van der Waals surface area contributed by atoms with E-state index in [9.17, 15) is 9.59 Å². The number of ether oxygens (including phenoxy) is 3. The van der Waals surface area contributed by atoms with Crippen molar-refractivity contribution in [1.82, 2.24) is 10.2 Å². The van der Waals surface area contributed by atoms with Crippen molar-refractivity contribution in [3.8, 4) is 0 Å². The van der Waals surface area contributed by atoms with Crippen LogP contribution in [-0.2, 0) is 23.8 Å². The van der Waals surface area contributed by atoms with Gasteiger partial charge in [0, 0.05) is 33.4 Å². The number of halogens is 1. The molecule has 0 aromatic rings. The molecular formula is C14H25ClN2O5. The highest BCUT2D eigenvalue weighted by atomic mass is 35.5. The molecule has 1 N–H and O–H groups in total. The van der Waals surface area contributed by atoms with Gasteiger partial charge in [-0.05, 0) is 12.8 Å². The zero-order valence-electron chi connectivity index (χ0n) is 12.9. The van der Waals surface area contributed by atoms with Crippen LogP contribution in [0.25, 0.3) is 0 Å². The van der Waals surface area contributed by atoms with Gasteiger partial charge in [0.25, 0.3) is 0 Å². The maximum absolute atomic E-state index is 12.2. The Balaban J connectivity index is 0.00000242. The molecule has 0 aliphatic carbocycles. The quantitative estimate of drug-likeness (QED) is 0.658. The lowest BCUT2D eigenvalue weighted by atomic mass is 10.1. The summed E-state index contributed by atoms with van der Waals surface area (Å²) in [5, 5.41) is 3.07. The number of hydrogen-bond acceptors (Lipinski definition) is 6. The third kappa shape index (κ3) is 5.72. The second-order valence-electron chi connectivity index (χ2n) is 5.35. The van der Waals surface area contributed by atoms with E-state index in [-0.39, 0.29) is 43.4 Å². The van der Waals surface area contributed by atoms with Crippen LogP contribution in [0, 0.1) is 0 Å². The van der Waals surface area contributed by atoms with E-state index in [1.54, 1.807) is 12.0 Å². The monoisotopic (exact) mass is 336 g/mol. The fraction of sp³-hybridized carbons (Fsp3) is 0.857. The van der Waals surface area contributed by atoms with Crippen LogP contribution in [-0.4, -0.2) is 75.5 Å². The molecule has 2 aliphatic rings. The molecule has 2 rings (SSSR count). The smallest absolute Gasteiger partial charge is 0.308 e. The maximum atomic E-state index is 12.2. The van der Waals surface area contributed by atoms with Crippen molar-refractivity contribution >= 4 is 24.3 Å². The number of rotatable bonds is 7. The molecule has 128 valence electrons. The fourth-order valence-electron chi connectivity index (χ4n) is 2.56. The number of hydrogen-bond donors (Lipinski definition) is 1. The first kappa shape index (κ1) is 19.2. The lowest BCUT2D eigenvalue weighted by Crippen LogP contribution is -2.56. The Labute approximate surface area is 137 Å². The van der Waals surface area contributed by atoms with Crippen molar-refractivity contribution in [1.29, 1.82) is 0 Å². The topological polar surface area (TPSA) is 77.1 Å². The van der Waals surface area contributed by atoms with Gasteiger partial charge in [-0.25, -0.2) is 0 Å². The van der Waals surface area contributed by atoms with E-state index < -0.39 is 6.04 Å². The van der Waals surface area contributed by atoms with Gasteiger partial charge < -0.3 is 24.4 Å². The normalized spacial score (nSPS) is 25.0. The molecule has 0 spiro atoms. The van der Waals surface area contributed by atoms with Crippen LogP contribution in [0.15, 0.2) is 0 Å². The lowest BCUT2D eigenvalue weighted by Gasteiger charge is -2.32. The fourth-order valence-corrected chi connectivity index (χ4v) is 2.56. The van der Waals surface area contributed by atoms with E-state index in [4.69, 9.17) is 14.2 Å². The number of piperazine rings is 1. The standard InChI is InChI=1S/C14H24N2O5.ClH/c1-19-8-6-16-5-4-15-12(14(16)18)9-13(17)21-10-11-3-2-7-20-11;/h11-12,15H,2-10H2,1H3;1H. The first-order valence-corrected chi connectivity index (χ1v) is 7.49. The van der Waals surface area contributed by atoms with Crippen molar-refractivity contribution in [2.45, 2.75) is 31.4 Å². The minimum Gasteiger partial charge on any atom is -0.463 e. The van der Waals surface area contributed by atoms with Crippen molar-refractivity contribution in [3.63, 3.8) is 0 Å². The Kier molecular flexibility index (Phi) is 8.70. The number of carbonyl (C=O) groups is 2. The summed E-state index contributed by atoms with van der Waals surface area (Å²) in [5.41, 5.74) is 0. The molecule has 2 atom stereocenters. The van der Waals surface area contributed by atoms with Crippen LogP contribution < -0.4 is 5.32 Å². The maximum Gasteiger partial charge on any atom is 0.308 e. The molecule has 2 heterocycles. The van der Waals surface area contributed by atoms with Gasteiger partial charge in [-0.2, -0.15) is 0 Å². The number of amides is 1. The second-order valence-corrected chi connectivity index (χ2v) is 5.35. The van der Waals surface area contributed by atoms with E-state index in [0.717, 1.165) is 19.4 Å². The molecule has 2 unspecified atom stereocenters. The van der Waals surface area contributed by atoms with Crippen LogP contribution in [0.5, 0.6) is 0 Å². The van der Waals surface area contributed by atoms with Gasteiger partial charge in [0.2, 0.25) is 5.91 Å². The second kappa shape index (κ2) is 9.99. The molecule has 0 aromatic carbocycles. The molecule has 7 nitrogen and oxygen atoms in total. The number of nitrogens with one attached hydrogen (secondary N) is 1. The minimum absolute atomic E-state index is 0. The molecule has 2 aliphatic heterocycles. The number of esters is 1. The largest absolute Gasteiger partial charge is 0.463 e. The summed E-state index contributed by atoms with van der Waals surface area (Å²) in [6.07, 6.45) is 2.02. The van der Waals surface area contributed by atoms with Crippen LogP contribution >= 0.6 is 12.4 Å². The minimum atomic E-state index is -0.493. The number of methoxy groups -OCH3 is 1. The van der Waals surface area contributed by atoms with E-state index in [1.165, 1.54) is 0 Å². The summed E-state index contributed by atoms with van der Waals surface area (Å²) in [7, 11) is 1.60. The average molecular weight is 337 g/mol. The van der Waals surface area contributed by atoms with Gasteiger partial charge in [-0.15, -0.1) is 12.4 Å². The SMILES string of the molecule is COCCN1CCNC(CC(=O)OCC2CCCO2)C1=O.Cl. The Morgan fingerprint density at radius 1 is 1.50 bits per heavy atom. The van der Waals surface area contributed by atoms with Gasteiger partial charge in [0.05, 0.1) is 25.2 Å². The molecule has 2 saturated heterocycles. The zero-order chi connectivity index (χ0) is 15.1. The zero-order valence-corrected chi connectivity index (χ0v) is 13.7. The molecule has 0 radical (unpaired) electrons. The van der Waals surface area contributed by atoms with E-state index in [1.807, 2.05) is 0 Å². The van der Waals surface area contributed by atoms with Crippen LogP contribution in [0.4, 0.5) is 0 Å². The third-order valence-corrected chi connectivity index (χ3v) is 3.77. The number of carbonyl (C=O) groups excluding carboxylic acids is 2. The highest BCUT2D eigenvalue weighted by molar-refractivity contribution is 5.87. The predicted molar refractivity (Wildman–Crippen MR) is 82.0 cm³/mol. The average Bonchev–Trinajstić information content (AvgIpc) is 2.99. The van der Waals surface area contributed by atoms with Crippen LogP contribution in [0.1, 0.15) is 19.3 Å². The molecule has 8 heteroatoms. The third-order valence-electron chi connectivity index (χ3n) is 3.77. The van der Waals surface area contributed by atoms with Gasteiger partial charge in [-0.1, -0.05) is 0 Å². The Morgan fingerprint density at radius 3 is 3.00 bits per heavy atom. The molecule has 2 fully saturated rings. The van der Waals surface area contributed by atoms with Gasteiger partial charge in [0.1, 0.15) is 6.61 Å².